The van der Waals surface area contributed by atoms with Gasteiger partial charge in [-0.25, -0.2) is 4.39 Å². The molecule has 1 atom stereocenters. The maximum atomic E-state index is 12.5. The van der Waals surface area contributed by atoms with Crippen LogP contribution in [0.1, 0.15) is 0 Å². The number of thiol groups is 1. The van der Waals surface area contributed by atoms with E-state index in [1.807, 2.05) is 0 Å². The van der Waals surface area contributed by atoms with Crippen LogP contribution in [-0.4, -0.2) is 11.5 Å². The fraction of sp³-hybridized carbons (Fsp3) is 0.250. The topological polar surface area (TPSA) is 9.23 Å². The lowest BCUT2D eigenvalue weighted by Gasteiger charge is -1.93. The molecule has 1 aromatic rings. The molecule has 1 rings (SSSR count). The maximum Gasteiger partial charge on any atom is 0.463 e. The van der Waals surface area contributed by atoms with Crippen LogP contribution in [0.2, 0.25) is 0 Å². The van der Waals surface area contributed by atoms with Crippen LogP contribution < -0.4 is 4.52 Å². The summed E-state index contributed by atoms with van der Waals surface area (Å²) in [5.41, 5.74) is 0. The van der Waals surface area contributed by atoms with Gasteiger partial charge in [0.25, 0.3) is 0 Å². The summed E-state index contributed by atoms with van der Waals surface area (Å²) in [6, 6.07) is 5.88. The van der Waals surface area contributed by atoms with Crippen molar-refractivity contribution in [3.8, 4) is 5.75 Å². The number of benzene rings is 1. The second-order valence-electron chi connectivity index (χ2n) is 2.33. The van der Waals surface area contributed by atoms with Crippen LogP contribution in [0.3, 0.4) is 0 Å². The minimum Gasteiger partial charge on any atom is -0.265 e. The molecule has 0 aliphatic carbocycles. The van der Waals surface area contributed by atoms with Gasteiger partial charge in [-0.05, 0) is 24.3 Å². The lowest BCUT2D eigenvalue weighted by Crippen LogP contribution is -1.81. The average molecular weight is 267 g/mol. The first-order valence-corrected chi connectivity index (χ1v) is 8.36. The number of hydrogen-bond acceptors (Lipinski definition) is 4. The first-order chi connectivity index (χ1) is 6.72. The van der Waals surface area contributed by atoms with E-state index in [2.05, 4.69) is 12.6 Å². The van der Waals surface area contributed by atoms with Gasteiger partial charge in [-0.3, -0.25) is 4.52 Å². The third-order valence-corrected chi connectivity index (χ3v) is 5.34. The second kappa shape index (κ2) is 6.62. The van der Waals surface area contributed by atoms with Gasteiger partial charge in [0, 0.05) is 5.75 Å². The minimum absolute atomic E-state index is 0.269. The standard InChI is InChI=1S/C8H8FOPS3/c9-7-1-3-8(4-2-7)10-11(13)14-6-5-12/h1-4H,5-6H2/p+1. The van der Waals surface area contributed by atoms with Crippen LogP contribution in [-0.2, 0) is 11.8 Å². The molecular formula is C8H9FOPS3+. The largest absolute Gasteiger partial charge is 0.463 e. The smallest absolute Gasteiger partial charge is 0.265 e. The zero-order valence-electron chi connectivity index (χ0n) is 7.22. The van der Waals surface area contributed by atoms with Crippen LogP contribution in [0.15, 0.2) is 24.3 Å². The van der Waals surface area contributed by atoms with Gasteiger partial charge < -0.3 is 0 Å². The molecular weight excluding hydrogens is 258 g/mol. The fourth-order valence-electron chi connectivity index (χ4n) is 0.723. The summed E-state index contributed by atoms with van der Waals surface area (Å²) < 4.78 is 17.9. The summed E-state index contributed by atoms with van der Waals surface area (Å²) in [7, 11) is 0. The molecule has 0 fully saturated rings. The van der Waals surface area contributed by atoms with Crippen LogP contribution >= 0.6 is 30.1 Å². The van der Waals surface area contributed by atoms with Gasteiger partial charge in [-0.1, -0.05) is 0 Å². The zero-order valence-corrected chi connectivity index (χ0v) is 10.6. The number of rotatable bonds is 5. The Labute approximate surface area is 98.1 Å². The molecule has 0 aliphatic rings. The monoisotopic (exact) mass is 267 g/mol. The lowest BCUT2D eigenvalue weighted by molar-refractivity contribution is 0.611. The summed E-state index contributed by atoms with van der Waals surface area (Å²) in [6.07, 6.45) is -0.944. The van der Waals surface area contributed by atoms with E-state index in [0.29, 0.717) is 5.75 Å². The molecule has 1 unspecified atom stereocenters. The zero-order chi connectivity index (χ0) is 10.4. The van der Waals surface area contributed by atoms with Crippen molar-refractivity contribution in [1.29, 1.82) is 0 Å². The molecule has 0 aliphatic heterocycles. The van der Waals surface area contributed by atoms with Crippen molar-refractivity contribution in [2.24, 2.45) is 0 Å². The predicted molar refractivity (Wildman–Crippen MR) is 67.6 cm³/mol. The van der Waals surface area contributed by atoms with E-state index < -0.39 is 6.13 Å². The molecule has 0 radical (unpaired) electrons. The van der Waals surface area contributed by atoms with Gasteiger partial charge in [-0.15, -0.1) is 0 Å². The summed E-state index contributed by atoms with van der Waals surface area (Å²) in [5.74, 6) is 2.01. The van der Waals surface area contributed by atoms with E-state index in [1.165, 1.54) is 12.1 Å². The fourth-order valence-corrected chi connectivity index (χ4v) is 4.07. The normalized spacial score (nSPS) is 11.1. The van der Waals surface area contributed by atoms with Gasteiger partial charge in [-0.2, -0.15) is 12.6 Å². The van der Waals surface area contributed by atoms with Gasteiger partial charge in [0.2, 0.25) is 11.8 Å². The predicted octanol–water partition coefficient (Wildman–Crippen LogP) is 3.64. The van der Waals surface area contributed by atoms with Crippen LogP contribution in [0.5, 0.6) is 5.75 Å². The van der Waals surface area contributed by atoms with E-state index in [1.54, 1.807) is 23.5 Å². The Morgan fingerprint density at radius 2 is 2.07 bits per heavy atom. The molecule has 1 nitrogen and oxygen atoms in total. The van der Waals surface area contributed by atoms with Crippen LogP contribution in [0, 0.1) is 5.82 Å². The molecule has 0 spiro atoms. The SMILES string of the molecule is Fc1ccc(O[P+](=S)SCCS)cc1. The first-order valence-electron chi connectivity index (χ1n) is 3.87. The molecule has 6 heteroatoms. The van der Waals surface area contributed by atoms with E-state index >= 15 is 0 Å². The molecule has 0 bridgehead atoms. The molecule has 14 heavy (non-hydrogen) atoms. The van der Waals surface area contributed by atoms with Crippen molar-refractivity contribution in [2.45, 2.75) is 0 Å². The summed E-state index contributed by atoms with van der Waals surface area (Å²) in [4.78, 5) is 0. The molecule has 76 valence electrons. The lowest BCUT2D eigenvalue weighted by atomic mass is 10.3. The Bertz CT molecular complexity index is 304. The molecule has 0 aromatic heterocycles. The summed E-state index contributed by atoms with van der Waals surface area (Å²) in [6.45, 7) is 0. The van der Waals surface area contributed by atoms with Gasteiger partial charge >= 0.3 is 6.13 Å². The number of halogens is 1. The van der Waals surface area contributed by atoms with Crippen molar-refractivity contribution in [3.63, 3.8) is 0 Å². The van der Waals surface area contributed by atoms with Crippen molar-refractivity contribution >= 4 is 41.9 Å². The van der Waals surface area contributed by atoms with Crippen molar-refractivity contribution < 1.29 is 8.91 Å². The molecule has 0 heterocycles. The Balaban J connectivity index is 2.44. The van der Waals surface area contributed by atoms with Crippen molar-refractivity contribution in [3.05, 3.63) is 30.1 Å². The highest BCUT2D eigenvalue weighted by atomic mass is 32.9. The van der Waals surface area contributed by atoms with Crippen molar-refractivity contribution in [1.82, 2.24) is 0 Å². The Kier molecular flexibility index (Phi) is 5.78. The Morgan fingerprint density at radius 1 is 1.43 bits per heavy atom. The highest BCUT2D eigenvalue weighted by Gasteiger charge is 2.14. The number of hydrogen-bond donors (Lipinski definition) is 1. The van der Waals surface area contributed by atoms with Crippen LogP contribution in [0.25, 0.3) is 0 Å². The second-order valence-corrected chi connectivity index (χ2v) is 7.53. The maximum absolute atomic E-state index is 12.5. The molecule has 0 N–H and O–H groups in total. The quantitative estimate of drug-likeness (QED) is 0.644. The van der Waals surface area contributed by atoms with Crippen LogP contribution in [0.4, 0.5) is 4.39 Å². The highest BCUT2D eigenvalue weighted by Crippen LogP contribution is 2.39. The molecule has 0 amide bonds. The van der Waals surface area contributed by atoms with Crippen molar-refractivity contribution in [2.75, 3.05) is 11.5 Å². The van der Waals surface area contributed by atoms with E-state index in [4.69, 9.17) is 16.3 Å². The van der Waals surface area contributed by atoms with E-state index in [-0.39, 0.29) is 5.82 Å². The first kappa shape index (κ1) is 12.2. The third-order valence-electron chi connectivity index (χ3n) is 1.28. The Morgan fingerprint density at radius 3 is 2.64 bits per heavy atom. The van der Waals surface area contributed by atoms with Gasteiger partial charge in [0.15, 0.2) is 5.75 Å². The summed E-state index contributed by atoms with van der Waals surface area (Å²) >= 11 is 10.7. The van der Waals surface area contributed by atoms with Gasteiger partial charge in [0.1, 0.15) is 17.2 Å². The van der Waals surface area contributed by atoms with Gasteiger partial charge in [0.05, 0.1) is 5.75 Å². The van der Waals surface area contributed by atoms with E-state index in [0.717, 1.165) is 11.5 Å². The molecule has 1 aromatic carbocycles. The average Bonchev–Trinajstić information content (AvgIpc) is 2.18. The van der Waals surface area contributed by atoms with E-state index in [9.17, 15) is 4.39 Å². The Hall–Kier alpha value is 0.170. The molecule has 0 saturated carbocycles. The molecule has 0 saturated heterocycles. The highest BCUT2D eigenvalue weighted by molar-refractivity contribution is 8.62. The third kappa shape index (κ3) is 4.60. The summed E-state index contributed by atoms with van der Waals surface area (Å²) in [5, 5.41) is 0. The minimum atomic E-state index is -0.944.